The Morgan fingerprint density at radius 1 is 0.975 bits per heavy atom. The molecule has 0 aliphatic carbocycles. The molecule has 3 amide bonds. The maximum absolute atomic E-state index is 13.8. The van der Waals surface area contributed by atoms with Gasteiger partial charge in [0.25, 0.3) is 0 Å². The standard InChI is InChI=1S/C27H22F3N3O5S2/c28-27(29,30)16-7-4-8-17(13-16)33-23(35)20-19(15-5-2-1-3-6-15)22-25(39-21(20)24(33)36)32(26(37)40-22)14-18(34)31-9-11-38-12-10-31/h1-8,13,19-21H,9-12,14H2. The highest BCUT2D eigenvalue weighted by Crippen LogP contribution is 2.54. The number of aromatic nitrogens is 1. The zero-order valence-electron chi connectivity index (χ0n) is 20.8. The van der Waals surface area contributed by atoms with Crippen molar-refractivity contribution in [2.24, 2.45) is 5.92 Å². The van der Waals surface area contributed by atoms with E-state index >= 15 is 0 Å². The predicted molar refractivity (Wildman–Crippen MR) is 141 cm³/mol. The fourth-order valence-corrected chi connectivity index (χ4v) is 8.17. The van der Waals surface area contributed by atoms with Crippen molar-refractivity contribution in [2.75, 3.05) is 31.2 Å². The van der Waals surface area contributed by atoms with Crippen molar-refractivity contribution >= 4 is 46.5 Å². The topological polar surface area (TPSA) is 88.9 Å². The molecule has 40 heavy (non-hydrogen) atoms. The Balaban J connectivity index is 1.42. The first-order chi connectivity index (χ1) is 19.1. The third-order valence-electron chi connectivity index (χ3n) is 7.30. The zero-order valence-corrected chi connectivity index (χ0v) is 22.4. The third kappa shape index (κ3) is 4.55. The highest BCUT2D eigenvalue weighted by molar-refractivity contribution is 8.00. The van der Waals surface area contributed by atoms with Crippen molar-refractivity contribution < 1.29 is 32.3 Å². The number of carbonyl (C=O) groups is 3. The molecule has 0 saturated carbocycles. The Labute approximate surface area is 234 Å². The normalized spacial score (nSPS) is 22.8. The van der Waals surface area contributed by atoms with Gasteiger partial charge in [0.05, 0.1) is 35.4 Å². The second kappa shape index (κ2) is 10.2. The van der Waals surface area contributed by atoms with Gasteiger partial charge in [0.15, 0.2) is 0 Å². The van der Waals surface area contributed by atoms with Crippen molar-refractivity contribution in [2.45, 2.75) is 28.9 Å². The van der Waals surface area contributed by atoms with Crippen LogP contribution in [-0.2, 0) is 31.8 Å². The number of ether oxygens (including phenoxy) is 1. The van der Waals surface area contributed by atoms with Crippen LogP contribution in [0.1, 0.15) is 21.9 Å². The summed E-state index contributed by atoms with van der Waals surface area (Å²) in [5, 5.41) is -0.558. The molecular weight excluding hydrogens is 567 g/mol. The van der Waals surface area contributed by atoms with Gasteiger partial charge in [-0.25, -0.2) is 4.90 Å². The van der Waals surface area contributed by atoms with Crippen LogP contribution in [0.3, 0.4) is 0 Å². The van der Waals surface area contributed by atoms with Gasteiger partial charge in [-0.15, -0.1) is 0 Å². The molecule has 0 bridgehead atoms. The van der Waals surface area contributed by atoms with E-state index in [2.05, 4.69) is 0 Å². The van der Waals surface area contributed by atoms with Crippen LogP contribution in [0.25, 0.3) is 0 Å². The summed E-state index contributed by atoms with van der Waals surface area (Å²) in [5.74, 6) is -3.17. The fraction of sp³-hybridized carbons (Fsp3) is 0.333. The zero-order chi connectivity index (χ0) is 28.2. The number of rotatable bonds is 4. The van der Waals surface area contributed by atoms with E-state index in [1.165, 1.54) is 10.6 Å². The van der Waals surface area contributed by atoms with Crippen LogP contribution in [-0.4, -0.2) is 58.7 Å². The summed E-state index contributed by atoms with van der Waals surface area (Å²) < 4.78 is 46.9. The van der Waals surface area contributed by atoms with E-state index in [-0.39, 0.29) is 23.0 Å². The molecule has 13 heteroatoms. The molecule has 3 unspecified atom stereocenters. The van der Waals surface area contributed by atoms with Gasteiger partial charge in [0.1, 0.15) is 11.8 Å². The minimum Gasteiger partial charge on any atom is -0.378 e. The van der Waals surface area contributed by atoms with Crippen molar-refractivity contribution in [1.29, 1.82) is 0 Å². The number of fused-ring (bicyclic) bond motifs is 2. The molecule has 2 saturated heterocycles. The Hall–Kier alpha value is -3.42. The van der Waals surface area contributed by atoms with Crippen molar-refractivity contribution in [1.82, 2.24) is 9.47 Å². The number of benzene rings is 2. The number of nitrogens with zero attached hydrogens (tertiary/aromatic N) is 3. The molecule has 8 nitrogen and oxygen atoms in total. The Morgan fingerprint density at radius 2 is 1.70 bits per heavy atom. The van der Waals surface area contributed by atoms with Gasteiger partial charge in [0.2, 0.25) is 17.7 Å². The van der Waals surface area contributed by atoms with Gasteiger partial charge in [-0.3, -0.25) is 23.7 Å². The summed E-state index contributed by atoms with van der Waals surface area (Å²) in [5.41, 5.74) is -0.434. The number of alkyl halides is 3. The predicted octanol–water partition coefficient (Wildman–Crippen LogP) is 3.58. The molecule has 3 atom stereocenters. The average molecular weight is 590 g/mol. The maximum atomic E-state index is 13.8. The van der Waals surface area contributed by atoms with Gasteiger partial charge in [-0.1, -0.05) is 59.5 Å². The number of amides is 3. The molecule has 208 valence electrons. The van der Waals surface area contributed by atoms with E-state index < -0.39 is 40.6 Å². The van der Waals surface area contributed by atoms with E-state index in [1.807, 2.05) is 0 Å². The van der Waals surface area contributed by atoms with E-state index in [9.17, 15) is 32.3 Å². The first kappa shape index (κ1) is 26.8. The summed E-state index contributed by atoms with van der Waals surface area (Å²) >= 11 is 1.95. The number of morpholine rings is 1. The summed E-state index contributed by atoms with van der Waals surface area (Å²) in [4.78, 5) is 56.4. The van der Waals surface area contributed by atoms with Crippen LogP contribution in [0.4, 0.5) is 18.9 Å². The molecule has 2 fully saturated rings. The third-order valence-corrected chi connectivity index (χ3v) is 9.90. The smallest absolute Gasteiger partial charge is 0.378 e. The van der Waals surface area contributed by atoms with Crippen LogP contribution < -0.4 is 9.77 Å². The molecule has 3 aliphatic rings. The number of hydrogen-bond acceptors (Lipinski definition) is 7. The quantitative estimate of drug-likeness (QED) is 0.433. The molecule has 0 radical (unpaired) electrons. The fourth-order valence-electron chi connectivity index (χ4n) is 5.40. The van der Waals surface area contributed by atoms with Crippen molar-refractivity contribution in [3.05, 3.63) is 80.3 Å². The van der Waals surface area contributed by atoms with Crippen molar-refractivity contribution in [3.8, 4) is 0 Å². The van der Waals surface area contributed by atoms with Crippen LogP contribution in [0, 0.1) is 5.92 Å². The summed E-state index contributed by atoms with van der Waals surface area (Å²) in [7, 11) is 0. The Kier molecular flexibility index (Phi) is 6.83. The van der Waals surface area contributed by atoms with E-state index in [1.54, 1.807) is 35.2 Å². The number of carbonyl (C=O) groups excluding carboxylic acids is 3. The second-order valence-corrected chi connectivity index (χ2v) is 11.8. The number of thiazole rings is 1. The molecule has 0 N–H and O–H groups in total. The highest BCUT2D eigenvalue weighted by atomic mass is 32.2. The first-order valence-corrected chi connectivity index (χ1v) is 14.2. The molecule has 2 aromatic carbocycles. The summed E-state index contributed by atoms with van der Waals surface area (Å²) in [6.45, 7) is 1.39. The number of halogens is 3. The van der Waals surface area contributed by atoms with Gasteiger partial charge >= 0.3 is 11.0 Å². The lowest BCUT2D eigenvalue weighted by Crippen LogP contribution is -2.43. The maximum Gasteiger partial charge on any atom is 0.416 e. The lowest BCUT2D eigenvalue weighted by atomic mass is 9.83. The van der Waals surface area contributed by atoms with Crippen LogP contribution in [0.2, 0.25) is 0 Å². The van der Waals surface area contributed by atoms with E-state index in [0.717, 1.165) is 46.2 Å². The SMILES string of the molecule is O=C(Cn1c2c(sc1=O)C(c1ccccc1)C1C(=O)N(c3cccc(C(F)(F)F)c3)C(=O)C1S2)N1CCOCC1. The monoisotopic (exact) mass is 589 g/mol. The molecule has 3 aromatic rings. The van der Waals surface area contributed by atoms with Gasteiger partial charge in [0, 0.05) is 23.9 Å². The van der Waals surface area contributed by atoms with Gasteiger partial charge in [-0.05, 0) is 23.8 Å². The molecule has 3 aliphatic heterocycles. The Morgan fingerprint density at radius 3 is 2.40 bits per heavy atom. The van der Waals surface area contributed by atoms with Crippen LogP contribution in [0.15, 0.2) is 64.4 Å². The second-order valence-electron chi connectivity index (χ2n) is 9.63. The molecule has 0 spiro atoms. The molecular formula is C27H22F3N3O5S2. The van der Waals surface area contributed by atoms with Crippen LogP contribution >= 0.6 is 23.1 Å². The number of hydrogen-bond donors (Lipinski definition) is 0. The van der Waals surface area contributed by atoms with Crippen molar-refractivity contribution in [3.63, 3.8) is 0 Å². The van der Waals surface area contributed by atoms with E-state index in [0.29, 0.717) is 41.8 Å². The first-order valence-electron chi connectivity index (χ1n) is 12.5. The average Bonchev–Trinajstić information content (AvgIpc) is 3.39. The summed E-state index contributed by atoms with van der Waals surface area (Å²) in [6, 6.07) is 13.1. The lowest BCUT2D eigenvalue weighted by Gasteiger charge is -2.31. The number of thioether (sulfide) groups is 1. The molecule has 1 aromatic heterocycles. The molecule has 6 rings (SSSR count). The minimum atomic E-state index is -4.65. The lowest BCUT2D eigenvalue weighted by molar-refractivity contribution is -0.138. The number of anilines is 1. The summed E-state index contributed by atoms with van der Waals surface area (Å²) in [6.07, 6.45) is -4.65. The van der Waals surface area contributed by atoms with E-state index in [4.69, 9.17) is 4.74 Å². The van der Waals surface area contributed by atoms with Crippen LogP contribution in [0.5, 0.6) is 0 Å². The van der Waals surface area contributed by atoms with Gasteiger partial charge in [-0.2, -0.15) is 13.2 Å². The highest BCUT2D eigenvalue weighted by Gasteiger charge is 2.57. The minimum absolute atomic E-state index is 0.158. The number of imide groups is 1. The Bertz CT molecular complexity index is 1550. The largest absolute Gasteiger partial charge is 0.416 e. The van der Waals surface area contributed by atoms with Gasteiger partial charge < -0.3 is 9.64 Å². The molecule has 4 heterocycles.